The number of carbonyl (C=O) groups is 1. The third-order valence-corrected chi connectivity index (χ3v) is 6.09. The van der Waals surface area contributed by atoms with Crippen LogP contribution in [0.3, 0.4) is 0 Å². The van der Waals surface area contributed by atoms with Gasteiger partial charge in [0.05, 0.1) is 11.8 Å². The van der Waals surface area contributed by atoms with Crippen molar-refractivity contribution in [2.45, 2.75) is 38.9 Å². The van der Waals surface area contributed by atoms with Gasteiger partial charge in [0.25, 0.3) is 5.91 Å². The first-order valence-electron chi connectivity index (χ1n) is 8.26. The topological polar surface area (TPSA) is 68.2 Å². The quantitative estimate of drug-likeness (QED) is 0.837. The summed E-state index contributed by atoms with van der Waals surface area (Å²) in [5, 5.41) is 1.08. The summed E-state index contributed by atoms with van der Waals surface area (Å²) in [7, 11) is 0. The SMILES string of the molecule is Cc1nc([C@@H]2C[C@@H]3CN(C(=O)c4ccncn4)CC[C@H]3O2)sc1C. The Hall–Kier alpha value is -1.86. The number of aromatic nitrogens is 3. The van der Waals surface area contributed by atoms with Gasteiger partial charge in [0.15, 0.2) is 0 Å². The minimum absolute atomic E-state index is 0.0137. The summed E-state index contributed by atoms with van der Waals surface area (Å²) in [6, 6.07) is 1.67. The highest BCUT2D eigenvalue weighted by atomic mass is 32.1. The summed E-state index contributed by atoms with van der Waals surface area (Å²) in [4.78, 5) is 28.3. The van der Waals surface area contributed by atoms with Gasteiger partial charge in [-0.05, 0) is 32.8 Å². The van der Waals surface area contributed by atoms with E-state index in [1.54, 1.807) is 23.6 Å². The Morgan fingerprint density at radius 2 is 2.29 bits per heavy atom. The average Bonchev–Trinajstić information content (AvgIpc) is 3.18. The van der Waals surface area contributed by atoms with E-state index in [2.05, 4.69) is 21.9 Å². The lowest BCUT2D eigenvalue weighted by molar-refractivity contribution is 0.00207. The maximum absolute atomic E-state index is 12.6. The minimum atomic E-state index is -0.0137. The monoisotopic (exact) mass is 344 g/mol. The normalized spacial score (nSPS) is 26.4. The Bertz CT molecular complexity index is 729. The fourth-order valence-corrected chi connectivity index (χ4v) is 4.49. The van der Waals surface area contributed by atoms with Gasteiger partial charge in [-0.3, -0.25) is 4.79 Å². The highest BCUT2D eigenvalue weighted by Crippen LogP contribution is 2.42. The van der Waals surface area contributed by atoms with Gasteiger partial charge >= 0.3 is 0 Å². The minimum Gasteiger partial charge on any atom is -0.367 e. The molecule has 0 saturated carbocycles. The third-order valence-electron chi connectivity index (χ3n) is 4.93. The molecular formula is C17H20N4O2S. The summed E-state index contributed by atoms with van der Waals surface area (Å²) in [6.45, 7) is 5.58. The zero-order chi connectivity index (χ0) is 16.7. The number of hydrogen-bond donors (Lipinski definition) is 0. The van der Waals surface area contributed by atoms with Crippen LogP contribution in [0.15, 0.2) is 18.6 Å². The van der Waals surface area contributed by atoms with Gasteiger partial charge < -0.3 is 9.64 Å². The molecule has 0 aromatic carbocycles. The second-order valence-corrected chi connectivity index (χ2v) is 7.72. The molecule has 4 rings (SSSR count). The number of ether oxygens (including phenoxy) is 1. The third kappa shape index (κ3) is 2.82. The number of carbonyl (C=O) groups excluding carboxylic acids is 1. The number of nitrogens with zero attached hydrogens (tertiary/aromatic N) is 4. The number of aryl methyl sites for hydroxylation is 2. The molecule has 2 aromatic rings. The second kappa shape index (κ2) is 6.22. The van der Waals surface area contributed by atoms with Crippen LogP contribution in [0.1, 0.15) is 45.0 Å². The lowest BCUT2D eigenvalue weighted by atomic mass is 9.92. The first-order chi connectivity index (χ1) is 11.6. The fraction of sp³-hybridized carbons (Fsp3) is 0.529. The molecule has 6 nitrogen and oxygen atoms in total. The second-order valence-electron chi connectivity index (χ2n) is 6.49. The summed E-state index contributed by atoms with van der Waals surface area (Å²) < 4.78 is 6.24. The van der Waals surface area contributed by atoms with Gasteiger partial charge in [0, 0.05) is 30.1 Å². The molecule has 4 heterocycles. The predicted molar refractivity (Wildman–Crippen MR) is 89.9 cm³/mol. The lowest BCUT2D eigenvalue weighted by Gasteiger charge is -2.33. The number of amides is 1. The highest BCUT2D eigenvalue weighted by Gasteiger charge is 2.42. The summed E-state index contributed by atoms with van der Waals surface area (Å²) in [5.74, 6) is 0.360. The van der Waals surface area contributed by atoms with Crippen LogP contribution < -0.4 is 0 Å². The first kappa shape index (κ1) is 15.7. The molecule has 0 bridgehead atoms. The van der Waals surface area contributed by atoms with E-state index >= 15 is 0 Å². The van der Waals surface area contributed by atoms with Crippen molar-refractivity contribution in [3.8, 4) is 0 Å². The van der Waals surface area contributed by atoms with Crippen molar-refractivity contribution in [1.29, 1.82) is 0 Å². The molecule has 24 heavy (non-hydrogen) atoms. The van der Waals surface area contributed by atoms with Gasteiger partial charge in [-0.15, -0.1) is 11.3 Å². The van der Waals surface area contributed by atoms with Gasteiger partial charge in [0.2, 0.25) is 0 Å². The average molecular weight is 344 g/mol. The van der Waals surface area contributed by atoms with Crippen molar-refractivity contribution in [1.82, 2.24) is 19.9 Å². The van der Waals surface area contributed by atoms with E-state index in [0.717, 1.165) is 30.1 Å². The molecule has 0 spiro atoms. The molecule has 0 N–H and O–H groups in total. The van der Waals surface area contributed by atoms with Crippen LogP contribution in [0, 0.1) is 19.8 Å². The molecule has 2 fully saturated rings. The number of likely N-dealkylation sites (tertiary alicyclic amines) is 1. The molecule has 0 radical (unpaired) electrons. The molecule has 126 valence electrons. The molecule has 2 aliphatic rings. The maximum Gasteiger partial charge on any atom is 0.272 e. The van der Waals surface area contributed by atoms with Crippen molar-refractivity contribution in [2.75, 3.05) is 13.1 Å². The maximum atomic E-state index is 12.6. The van der Waals surface area contributed by atoms with Gasteiger partial charge in [-0.2, -0.15) is 0 Å². The van der Waals surface area contributed by atoms with Crippen LogP contribution >= 0.6 is 11.3 Å². The standard InChI is InChI=1S/C17H20N4O2S/c1-10-11(2)24-16(20-10)15-7-12-8-21(6-4-14(12)23-15)17(22)13-3-5-18-9-19-13/h3,5,9,12,14-15H,4,6-8H2,1-2H3/t12-,14-,15+/m1/s1. The van der Waals surface area contributed by atoms with Crippen molar-refractivity contribution in [3.63, 3.8) is 0 Å². The van der Waals surface area contributed by atoms with Crippen LogP contribution in [0.25, 0.3) is 0 Å². The zero-order valence-electron chi connectivity index (χ0n) is 13.8. The Labute approximate surface area is 144 Å². The van der Waals surface area contributed by atoms with E-state index in [0.29, 0.717) is 18.2 Å². The van der Waals surface area contributed by atoms with E-state index in [1.807, 2.05) is 11.8 Å². The van der Waals surface area contributed by atoms with E-state index in [-0.39, 0.29) is 18.1 Å². The molecule has 2 aromatic heterocycles. The smallest absolute Gasteiger partial charge is 0.272 e. The van der Waals surface area contributed by atoms with Crippen LogP contribution in [0.2, 0.25) is 0 Å². The van der Waals surface area contributed by atoms with Crippen LogP contribution in [0.5, 0.6) is 0 Å². The molecule has 2 aliphatic heterocycles. The zero-order valence-corrected chi connectivity index (χ0v) is 14.6. The van der Waals surface area contributed by atoms with Gasteiger partial charge in [-0.1, -0.05) is 0 Å². The largest absolute Gasteiger partial charge is 0.367 e. The van der Waals surface area contributed by atoms with E-state index in [9.17, 15) is 4.79 Å². The summed E-state index contributed by atoms with van der Waals surface area (Å²) in [6.07, 6.45) is 5.14. The Morgan fingerprint density at radius 3 is 3.00 bits per heavy atom. The van der Waals surface area contributed by atoms with Crippen molar-refractivity contribution < 1.29 is 9.53 Å². The van der Waals surface area contributed by atoms with Crippen LogP contribution in [0.4, 0.5) is 0 Å². The Balaban J connectivity index is 1.45. The van der Waals surface area contributed by atoms with Crippen LogP contribution in [-0.2, 0) is 4.74 Å². The first-order valence-corrected chi connectivity index (χ1v) is 9.08. The van der Waals surface area contributed by atoms with Crippen molar-refractivity contribution in [3.05, 3.63) is 39.9 Å². The molecule has 7 heteroatoms. The van der Waals surface area contributed by atoms with Gasteiger partial charge in [-0.25, -0.2) is 15.0 Å². The number of rotatable bonds is 2. The number of fused-ring (bicyclic) bond motifs is 1. The lowest BCUT2D eigenvalue weighted by Crippen LogP contribution is -2.44. The van der Waals surface area contributed by atoms with E-state index < -0.39 is 0 Å². The molecule has 2 saturated heterocycles. The highest BCUT2D eigenvalue weighted by molar-refractivity contribution is 7.11. The van der Waals surface area contributed by atoms with E-state index in [4.69, 9.17) is 4.74 Å². The predicted octanol–water partition coefficient (Wildman–Crippen LogP) is 2.54. The van der Waals surface area contributed by atoms with Crippen LogP contribution in [-0.4, -0.2) is 45.0 Å². The summed E-state index contributed by atoms with van der Waals surface area (Å²) >= 11 is 1.73. The molecule has 0 unspecified atom stereocenters. The number of thiazole rings is 1. The number of piperidine rings is 1. The molecule has 0 aliphatic carbocycles. The molecule has 1 amide bonds. The van der Waals surface area contributed by atoms with Gasteiger partial charge in [0.1, 0.15) is 23.1 Å². The molecule has 3 atom stereocenters. The Morgan fingerprint density at radius 1 is 1.42 bits per heavy atom. The fourth-order valence-electron chi connectivity index (χ4n) is 3.52. The van der Waals surface area contributed by atoms with E-state index in [1.165, 1.54) is 11.2 Å². The molecular weight excluding hydrogens is 324 g/mol. The van der Waals surface area contributed by atoms with Crippen molar-refractivity contribution in [2.24, 2.45) is 5.92 Å². The summed E-state index contributed by atoms with van der Waals surface area (Å²) in [5.41, 5.74) is 1.55. The number of hydrogen-bond acceptors (Lipinski definition) is 6. The Kier molecular flexibility index (Phi) is 4.05. The van der Waals surface area contributed by atoms with Crippen molar-refractivity contribution >= 4 is 17.2 Å².